The molecule has 3 rings (SSSR count). The van der Waals surface area contributed by atoms with Crippen molar-refractivity contribution >= 4 is 30.0 Å². The molecule has 0 aliphatic carbocycles. The smallest absolute Gasteiger partial charge is 0.250 e. The summed E-state index contributed by atoms with van der Waals surface area (Å²) in [5.41, 5.74) is 5.78. The molecule has 2 heterocycles. The predicted octanol–water partition coefficient (Wildman–Crippen LogP) is 5.15. The highest BCUT2D eigenvalue weighted by Gasteiger charge is 2.17. The van der Waals surface area contributed by atoms with Gasteiger partial charge >= 0.3 is 0 Å². The molecule has 0 bridgehead atoms. The Morgan fingerprint density at radius 1 is 1.22 bits per heavy atom. The fourth-order valence-electron chi connectivity index (χ4n) is 3.02. The monoisotopic (exact) mass is 451 g/mol. The number of aromatic nitrogens is 3. The van der Waals surface area contributed by atoms with Crippen LogP contribution >= 0.6 is 11.8 Å². The van der Waals surface area contributed by atoms with Gasteiger partial charge in [-0.2, -0.15) is 5.10 Å². The Morgan fingerprint density at radius 2 is 1.97 bits per heavy atom. The van der Waals surface area contributed by atoms with Crippen LogP contribution in [0.3, 0.4) is 0 Å². The van der Waals surface area contributed by atoms with Gasteiger partial charge in [0.15, 0.2) is 11.0 Å². The summed E-state index contributed by atoms with van der Waals surface area (Å²) in [6.07, 6.45) is 5.03. The second-order valence-corrected chi connectivity index (χ2v) is 9.31. The third kappa shape index (κ3) is 6.20. The summed E-state index contributed by atoms with van der Waals surface area (Å²) < 4.78 is 7.27. The lowest BCUT2D eigenvalue weighted by molar-refractivity contribution is -0.118. The summed E-state index contributed by atoms with van der Waals surface area (Å²) in [6, 6.07) is 12.1. The van der Waals surface area contributed by atoms with E-state index in [-0.39, 0.29) is 17.1 Å². The van der Waals surface area contributed by atoms with Crippen molar-refractivity contribution < 1.29 is 9.21 Å². The first-order valence-electron chi connectivity index (χ1n) is 10.5. The minimum absolute atomic E-state index is 0.0981. The Bertz CT molecular complexity index is 1090. The summed E-state index contributed by atoms with van der Waals surface area (Å²) in [6.45, 7) is 11.2. The van der Waals surface area contributed by atoms with Gasteiger partial charge in [0, 0.05) is 12.1 Å². The van der Waals surface area contributed by atoms with Crippen molar-refractivity contribution in [3.8, 4) is 11.4 Å². The first kappa shape index (κ1) is 23.5. The Hall–Kier alpha value is -3.13. The summed E-state index contributed by atoms with van der Waals surface area (Å²) in [5.74, 6) is 1.52. The lowest BCUT2D eigenvalue weighted by Crippen LogP contribution is -2.20. The van der Waals surface area contributed by atoms with Crippen LogP contribution in [0, 0.1) is 0 Å². The fourth-order valence-corrected chi connectivity index (χ4v) is 3.81. The largest absolute Gasteiger partial charge is 0.465 e. The molecule has 1 aromatic carbocycles. The van der Waals surface area contributed by atoms with Gasteiger partial charge in [-0.25, -0.2) is 5.43 Å². The third-order valence-electron chi connectivity index (χ3n) is 4.75. The molecule has 2 aromatic heterocycles. The zero-order valence-electron chi connectivity index (χ0n) is 19.1. The van der Waals surface area contributed by atoms with E-state index in [1.54, 1.807) is 12.5 Å². The van der Waals surface area contributed by atoms with E-state index in [0.717, 1.165) is 22.7 Å². The van der Waals surface area contributed by atoms with E-state index in [1.165, 1.54) is 17.3 Å². The molecular formula is C24H29N5O2S. The topological polar surface area (TPSA) is 85.3 Å². The van der Waals surface area contributed by atoms with E-state index in [9.17, 15) is 4.79 Å². The van der Waals surface area contributed by atoms with Crippen LogP contribution in [-0.4, -0.2) is 32.6 Å². The highest BCUT2D eigenvalue weighted by atomic mass is 32.2. The van der Waals surface area contributed by atoms with Gasteiger partial charge in [-0.05, 0) is 48.6 Å². The van der Waals surface area contributed by atoms with Gasteiger partial charge in [-0.1, -0.05) is 56.8 Å². The number of hydrogen-bond acceptors (Lipinski definition) is 6. The molecule has 32 heavy (non-hydrogen) atoms. The van der Waals surface area contributed by atoms with Crippen LogP contribution in [0.15, 0.2) is 62.9 Å². The Morgan fingerprint density at radius 3 is 2.59 bits per heavy atom. The number of hydrazone groups is 1. The Labute approximate surface area is 193 Å². The summed E-state index contributed by atoms with van der Waals surface area (Å²) in [7, 11) is 0. The molecule has 0 fully saturated rings. The van der Waals surface area contributed by atoms with Crippen molar-refractivity contribution in [3.05, 3.63) is 59.6 Å². The molecule has 0 aliphatic rings. The molecule has 1 amide bonds. The molecule has 0 radical (unpaired) electrons. The zero-order chi connectivity index (χ0) is 23.1. The van der Waals surface area contributed by atoms with Gasteiger partial charge < -0.3 is 8.98 Å². The van der Waals surface area contributed by atoms with Gasteiger partial charge in [-0.15, -0.1) is 10.2 Å². The third-order valence-corrected chi connectivity index (χ3v) is 5.71. The van der Waals surface area contributed by atoms with E-state index < -0.39 is 0 Å². The SMILES string of the molecule is CCn1c(SCC(=O)NN=CC(C)=Cc2ccco2)nnc1-c1ccc(C(C)(C)C)cc1. The Balaban J connectivity index is 1.59. The van der Waals surface area contributed by atoms with E-state index >= 15 is 0 Å². The standard InChI is InChI=1S/C24H29N5O2S/c1-6-29-22(18-9-11-19(12-10-18)24(3,4)5)27-28-23(29)32-16-21(30)26-25-15-17(2)14-20-8-7-13-31-20/h7-15H,6,16H2,1-5H3,(H,26,30). The van der Waals surface area contributed by atoms with Crippen LogP contribution in [0.25, 0.3) is 17.5 Å². The lowest BCUT2D eigenvalue weighted by atomic mass is 9.87. The molecule has 168 valence electrons. The van der Waals surface area contributed by atoms with Gasteiger partial charge in [0.25, 0.3) is 5.91 Å². The number of thioether (sulfide) groups is 1. The number of furan rings is 1. The van der Waals surface area contributed by atoms with E-state index in [0.29, 0.717) is 11.7 Å². The first-order valence-corrected chi connectivity index (χ1v) is 11.5. The average Bonchev–Trinajstić information content (AvgIpc) is 3.41. The predicted molar refractivity (Wildman–Crippen MR) is 130 cm³/mol. The van der Waals surface area contributed by atoms with Gasteiger partial charge in [0.2, 0.25) is 0 Å². The van der Waals surface area contributed by atoms with Crippen molar-refractivity contribution in [2.24, 2.45) is 5.10 Å². The molecule has 8 heteroatoms. The molecule has 0 saturated heterocycles. The summed E-state index contributed by atoms with van der Waals surface area (Å²) in [5, 5.41) is 13.4. The number of carbonyl (C=O) groups excluding carboxylic acids is 1. The van der Waals surface area contributed by atoms with Crippen LogP contribution in [0.2, 0.25) is 0 Å². The normalized spacial score (nSPS) is 12.5. The van der Waals surface area contributed by atoms with Crippen LogP contribution in [0.4, 0.5) is 0 Å². The second kappa shape index (κ2) is 10.5. The lowest BCUT2D eigenvalue weighted by Gasteiger charge is -2.19. The van der Waals surface area contributed by atoms with Crippen molar-refractivity contribution in [2.45, 2.75) is 51.7 Å². The molecule has 0 aliphatic heterocycles. The van der Waals surface area contributed by atoms with Gasteiger partial charge in [0.05, 0.1) is 18.2 Å². The maximum absolute atomic E-state index is 12.2. The second-order valence-electron chi connectivity index (χ2n) is 8.36. The van der Waals surface area contributed by atoms with Gasteiger partial charge in [-0.3, -0.25) is 4.79 Å². The molecule has 1 N–H and O–H groups in total. The molecule has 0 saturated carbocycles. The summed E-state index contributed by atoms with van der Waals surface area (Å²) >= 11 is 1.34. The minimum atomic E-state index is -0.209. The van der Waals surface area contributed by atoms with Crippen LogP contribution < -0.4 is 5.43 Å². The molecule has 3 aromatic rings. The molecular weight excluding hydrogens is 422 g/mol. The van der Waals surface area contributed by atoms with E-state index in [4.69, 9.17) is 4.42 Å². The minimum Gasteiger partial charge on any atom is -0.465 e. The van der Waals surface area contributed by atoms with E-state index in [1.807, 2.05) is 36.6 Å². The maximum atomic E-state index is 12.2. The highest BCUT2D eigenvalue weighted by molar-refractivity contribution is 7.99. The molecule has 7 nitrogen and oxygen atoms in total. The quantitative estimate of drug-likeness (QED) is 0.291. The maximum Gasteiger partial charge on any atom is 0.250 e. The zero-order valence-corrected chi connectivity index (χ0v) is 19.9. The summed E-state index contributed by atoms with van der Waals surface area (Å²) in [4.78, 5) is 12.2. The number of allylic oxidation sites excluding steroid dienone is 1. The highest BCUT2D eigenvalue weighted by Crippen LogP contribution is 2.27. The van der Waals surface area contributed by atoms with Crippen LogP contribution in [-0.2, 0) is 16.8 Å². The molecule has 0 spiro atoms. The first-order chi connectivity index (χ1) is 15.3. The van der Waals surface area contributed by atoms with E-state index in [2.05, 4.69) is 65.8 Å². The number of benzene rings is 1. The number of nitrogens with zero attached hydrogens (tertiary/aromatic N) is 4. The van der Waals surface area contributed by atoms with Crippen molar-refractivity contribution in [1.29, 1.82) is 0 Å². The number of nitrogens with one attached hydrogen (secondary N) is 1. The van der Waals surface area contributed by atoms with Crippen molar-refractivity contribution in [3.63, 3.8) is 0 Å². The van der Waals surface area contributed by atoms with Crippen LogP contribution in [0.5, 0.6) is 0 Å². The number of amides is 1. The number of hydrogen-bond donors (Lipinski definition) is 1. The Kier molecular flexibility index (Phi) is 7.69. The van der Waals surface area contributed by atoms with Crippen molar-refractivity contribution in [2.75, 3.05) is 5.75 Å². The fraction of sp³-hybridized carbons (Fsp3) is 0.333. The molecule has 0 atom stereocenters. The van der Waals surface area contributed by atoms with Gasteiger partial charge in [0.1, 0.15) is 5.76 Å². The van der Waals surface area contributed by atoms with Crippen LogP contribution in [0.1, 0.15) is 45.9 Å². The average molecular weight is 452 g/mol. The number of carbonyl (C=O) groups is 1. The van der Waals surface area contributed by atoms with Crippen molar-refractivity contribution in [1.82, 2.24) is 20.2 Å². The molecule has 0 unspecified atom stereocenters. The number of rotatable bonds is 8.